The van der Waals surface area contributed by atoms with Crippen LogP contribution >= 0.6 is 0 Å². The summed E-state index contributed by atoms with van der Waals surface area (Å²) in [6.07, 6.45) is 9.15. The summed E-state index contributed by atoms with van der Waals surface area (Å²) in [4.78, 5) is 13.0. The number of amides is 1. The van der Waals surface area contributed by atoms with Gasteiger partial charge in [0.05, 0.1) is 6.26 Å². The van der Waals surface area contributed by atoms with Crippen LogP contribution in [0.25, 0.3) is 0 Å². The summed E-state index contributed by atoms with van der Waals surface area (Å²) in [6, 6.07) is 0. The first-order chi connectivity index (χ1) is 7.76. The van der Waals surface area contributed by atoms with Crippen molar-refractivity contribution in [3.05, 3.63) is 12.3 Å². The van der Waals surface area contributed by atoms with Crippen molar-refractivity contribution in [3.63, 3.8) is 0 Å². The van der Waals surface area contributed by atoms with Gasteiger partial charge in [-0.3, -0.25) is 0 Å². The van der Waals surface area contributed by atoms with Crippen LogP contribution in [0.1, 0.15) is 52.9 Å². The maximum atomic E-state index is 11.4. The summed E-state index contributed by atoms with van der Waals surface area (Å²) < 4.78 is 5.00. The van der Waals surface area contributed by atoms with Crippen molar-refractivity contribution in [1.82, 2.24) is 4.90 Å². The van der Waals surface area contributed by atoms with Crippen molar-refractivity contribution < 1.29 is 9.53 Å². The van der Waals surface area contributed by atoms with E-state index < -0.39 is 0 Å². The van der Waals surface area contributed by atoms with Crippen LogP contribution in [0.5, 0.6) is 0 Å². The molecule has 0 aliphatic carbocycles. The Morgan fingerprint density at radius 2 is 1.81 bits per heavy atom. The van der Waals surface area contributed by atoms with Gasteiger partial charge in [-0.05, 0) is 32.8 Å². The smallest absolute Gasteiger partial charge is 0.414 e. The molecule has 0 aliphatic rings. The van der Waals surface area contributed by atoms with E-state index in [1.165, 1.54) is 31.9 Å². The van der Waals surface area contributed by atoms with Crippen molar-refractivity contribution in [1.29, 1.82) is 0 Å². The molecule has 0 aromatic carbocycles. The van der Waals surface area contributed by atoms with E-state index in [-0.39, 0.29) is 6.09 Å². The predicted octanol–water partition coefficient (Wildman–Crippen LogP) is 3.95. The van der Waals surface area contributed by atoms with E-state index >= 15 is 0 Å². The molecule has 0 bridgehead atoms. The third-order valence-electron chi connectivity index (χ3n) is 2.51. The van der Waals surface area contributed by atoms with Crippen LogP contribution in [0.15, 0.2) is 12.3 Å². The Labute approximate surface area is 99.5 Å². The quantitative estimate of drug-likeness (QED) is 0.464. The summed E-state index contributed by atoms with van der Waals surface area (Å²) in [5, 5.41) is 0. The highest BCUT2D eigenvalue weighted by molar-refractivity contribution is 5.68. The lowest BCUT2D eigenvalue weighted by molar-refractivity contribution is 0.141. The highest BCUT2D eigenvalue weighted by atomic mass is 16.5. The Kier molecular flexibility index (Phi) is 9.87. The third-order valence-corrected chi connectivity index (χ3v) is 2.51. The second-order valence-electron chi connectivity index (χ2n) is 3.78. The first-order valence-corrected chi connectivity index (χ1v) is 6.36. The second-order valence-corrected chi connectivity index (χ2v) is 3.78. The number of carbonyl (C=O) groups is 1. The van der Waals surface area contributed by atoms with E-state index in [2.05, 4.69) is 6.92 Å². The van der Waals surface area contributed by atoms with Crippen LogP contribution in [0.2, 0.25) is 0 Å². The van der Waals surface area contributed by atoms with E-state index in [4.69, 9.17) is 4.74 Å². The van der Waals surface area contributed by atoms with Crippen molar-refractivity contribution >= 4 is 6.09 Å². The molecule has 0 rings (SSSR count). The average molecular weight is 227 g/mol. The van der Waals surface area contributed by atoms with Crippen molar-refractivity contribution in [2.24, 2.45) is 0 Å². The summed E-state index contributed by atoms with van der Waals surface area (Å²) >= 11 is 0. The van der Waals surface area contributed by atoms with E-state index in [9.17, 15) is 4.79 Å². The first-order valence-electron chi connectivity index (χ1n) is 6.36. The minimum absolute atomic E-state index is 0.255. The maximum Gasteiger partial charge on any atom is 0.414 e. The molecule has 0 unspecified atom stereocenters. The van der Waals surface area contributed by atoms with E-state index in [1.54, 1.807) is 4.90 Å². The van der Waals surface area contributed by atoms with Crippen LogP contribution in [0.4, 0.5) is 4.79 Å². The van der Waals surface area contributed by atoms with E-state index in [0.717, 1.165) is 6.42 Å². The number of rotatable bonds is 8. The lowest BCUT2D eigenvalue weighted by atomic mass is 10.2. The van der Waals surface area contributed by atoms with Gasteiger partial charge in [-0.25, -0.2) is 4.79 Å². The topological polar surface area (TPSA) is 29.5 Å². The van der Waals surface area contributed by atoms with Crippen LogP contribution in [-0.4, -0.2) is 24.1 Å². The molecule has 3 heteroatoms. The van der Waals surface area contributed by atoms with Gasteiger partial charge in [-0.2, -0.15) is 0 Å². The molecule has 0 atom stereocenters. The molecule has 0 aromatic heterocycles. The molecule has 0 aromatic rings. The maximum absolute atomic E-state index is 11.4. The summed E-state index contributed by atoms with van der Waals surface area (Å²) in [6.45, 7) is 7.47. The Bertz CT molecular complexity index is 198. The number of hydrogen-bond donors (Lipinski definition) is 0. The minimum Gasteiger partial charge on any atom is -0.419 e. The second kappa shape index (κ2) is 10.5. The fraction of sp³-hybridized carbons (Fsp3) is 0.769. The Balaban J connectivity index is 3.55. The van der Waals surface area contributed by atoms with Gasteiger partial charge >= 0.3 is 6.09 Å². The van der Waals surface area contributed by atoms with Gasteiger partial charge in [0.25, 0.3) is 0 Å². The highest BCUT2D eigenvalue weighted by Gasteiger charge is 2.07. The number of carbonyl (C=O) groups excluding carboxylic acids is 1. The van der Waals surface area contributed by atoms with E-state index in [1.807, 2.05) is 19.9 Å². The van der Waals surface area contributed by atoms with Crippen LogP contribution in [0, 0.1) is 0 Å². The molecule has 0 saturated carbocycles. The van der Waals surface area contributed by atoms with Crippen LogP contribution in [-0.2, 0) is 4.74 Å². The largest absolute Gasteiger partial charge is 0.419 e. The Morgan fingerprint density at radius 3 is 2.38 bits per heavy atom. The van der Waals surface area contributed by atoms with Gasteiger partial charge in [0.15, 0.2) is 0 Å². The van der Waals surface area contributed by atoms with Crippen molar-refractivity contribution in [2.45, 2.75) is 52.9 Å². The monoisotopic (exact) mass is 227 g/mol. The molecule has 0 fully saturated rings. The van der Waals surface area contributed by atoms with Crippen molar-refractivity contribution in [2.75, 3.05) is 13.1 Å². The van der Waals surface area contributed by atoms with Crippen LogP contribution < -0.4 is 0 Å². The molecule has 0 heterocycles. The standard InChI is InChI=1S/C13H25NO2/c1-4-7-8-9-10-11-12-16-13(15)14(5-2)6-3/h11-12H,4-10H2,1-3H3/b12-11-. The predicted molar refractivity (Wildman–Crippen MR) is 67.3 cm³/mol. The molecule has 0 N–H and O–H groups in total. The Morgan fingerprint density at radius 1 is 1.12 bits per heavy atom. The molecular formula is C13H25NO2. The molecule has 16 heavy (non-hydrogen) atoms. The normalized spacial score (nSPS) is 10.7. The minimum atomic E-state index is -0.255. The number of allylic oxidation sites excluding steroid dienone is 1. The van der Waals surface area contributed by atoms with E-state index in [0.29, 0.717) is 13.1 Å². The molecule has 0 saturated heterocycles. The molecule has 3 nitrogen and oxygen atoms in total. The van der Waals surface area contributed by atoms with Gasteiger partial charge in [0.2, 0.25) is 0 Å². The fourth-order valence-corrected chi connectivity index (χ4v) is 1.42. The third kappa shape index (κ3) is 7.32. The number of ether oxygens (including phenoxy) is 1. The van der Waals surface area contributed by atoms with Gasteiger partial charge in [-0.1, -0.05) is 26.2 Å². The summed E-state index contributed by atoms with van der Waals surface area (Å²) in [5.41, 5.74) is 0. The lowest BCUT2D eigenvalue weighted by Gasteiger charge is -2.16. The molecule has 94 valence electrons. The van der Waals surface area contributed by atoms with Crippen LogP contribution in [0.3, 0.4) is 0 Å². The zero-order chi connectivity index (χ0) is 12.2. The summed E-state index contributed by atoms with van der Waals surface area (Å²) in [7, 11) is 0. The zero-order valence-corrected chi connectivity index (χ0v) is 10.9. The molecular weight excluding hydrogens is 202 g/mol. The van der Waals surface area contributed by atoms with Gasteiger partial charge in [-0.15, -0.1) is 0 Å². The first kappa shape index (κ1) is 15.0. The number of hydrogen-bond acceptors (Lipinski definition) is 2. The highest BCUT2D eigenvalue weighted by Crippen LogP contribution is 2.03. The molecule has 0 radical (unpaired) electrons. The summed E-state index contributed by atoms with van der Waals surface area (Å²) in [5.74, 6) is 0. The van der Waals surface area contributed by atoms with Gasteiger partial charge < -0.3 is 9.64 Å². The molecule has 1 amide bonds. The van der Waals surface area contributed by atoms with Gasteiger partial charge in [0.1, 0.15) is 0 Å². The molecule has 0 spiro atoms. The van der Waals surface area contributed by atoms with Crippen molar-refractivity contribution in [3.8, 4) is 0 Å². The fourth-order valence-electron chi connectivity index (χ4n) is 1.42. The lowest BCUT2D eigenvalue weighted by Crippen LogP contribution is -2.29. The SMILES string of the molecule is CCCCCC/C=C\OC(=O)N(CC)CC. The number of nitrogens with zero attached hydrogens (tertiary/aromatic N) is 1. The zero-order valence-electron chi connectivity index (χ0n) is 10.9. The average Bonchev–Trinajstić information content (AvgIpc) is 2.29. The van der Waals surface area contributed by atoms with Gasteiger partial charge in [0, 0.05) is 13.1 Å². The number of unbranched alkanes of at least 4 members (excludes halogenated alkanes) is 4. The Hall–Kier alpha value is -0.990. The molecule has 0 aliphatic heterocycles.